The number of benzene rings is 2. The molecule has 7 nitrogen and oxygen atoms in total. The molecule has 0 spiro atoms. The lowest BCUT2D eigenvalue weighted by atomic mass is 10.2. The minimum absolute atomic E-state index is 0.0244. The zero-order chi connectivity index (χ0) is 17.9. The molecular weight excluding hydrogens is 340 g/mol. The van der Waals surface area contributed by atoms with E-state index in [9.17, 15) is 13.5 Å². The summed E-state index contributed by atoms with van der Waals surface area (Å²) in [6, 6.07) is 14.0. The van der Waals surface area contributed by atoms with Crippen molar-refractivity contribution in [1.29, 1.82) is 5.26 Å². The lowest BCUT2D eigenvalue weighted by Gasteiger charge is -2.08. The Labute approximate surface area is 144 Å². The molecule has 3 aromatic rings. The van der Waals surface area contributed by atoms with Crippen LogP contribution in [0.3, 0.4) is 0 Å². The van der Waals surface area contributed by atoms with Gasteiger partial charge in [-0.3, -0.25) is 4.72 Å². The molecule has 0 fully saturated rings. The fourth-order valence-corrected chi connectivity index (χ4v) is 3.20. The highest BCUT2D eigenvalue weighted by molar-refractivity contribution is 7.92. The molecule has 124 valence electrons. The summed E-state index contributed by atoms with van der Waals surface area (Å²) >= 11 is 0. The van der Waals surface area contributed by atoms with Gasteiger partial charge in [-0.15, -0.1) is 0 Å². The van der Waals surface area contributed by atoms with E-state index in [-0.39, 0.29) is 21.9 Å². The van der Waals surface area contributed by atoms with Crippen LogP contribution in [0.1, 0.15) is 5.56 Å². The van der Waals surface area contributed by atoms with Crippen LogP contribution in [0.2, 0.25) is 0 Å². The number of phenolic OH excluding ortho intramolecular Hbond substituents is 1. The molecule has 25 heavy (non-hydrogen) atoms. The molecule has 1 heterocycles. The van der Waals surface area contributed by atoms with Gasteiger partial charge in [-0.05, 0) is 30.3 Å². The minimum atomic E-state index is -3.85. The molecule has 2 aromatic carbocycles. The monoisotopic (exact) mass is 352 g/mol. The predicted molar refractivity (Wildman–Crippen MR) is 91.1 cm³/mol. The fraction of sp³-hybridized carbons (Fsp3) is 0. The van der Waals surface area contributed by atoms with Crippen molar-refractivity contribution in [2.45, 2.75) is 4.90 Å². The summed E-state index contributed by atoms with van der Waals surface area (Å²) in [4.78, 5) is 8.18. The number of sulfonamides is 1. The molecule has 0 aliphatic carbocycles. The van der Waals surface area contributed by atoms with E-state index in [0.29, 0.717) is 11.4 Å². The second kappa shape index (κ2) is 6.59. The van der Waals surface area contributed by atoms with Crippen molar-refractivity contribution in [3.63, 3.8) is 0 Å². The van der Waals surface area contributed by atoms with Crippen molar-refractivity contribution in [3.8, 4) is 23.2 Å². The van der Waals surface area contributed by atoms with Crippen molar-refractivity contribution in [1.82, 2.24) is 9.97 Å². The first kappa shape index (κ1) is 16.4. The van der Waals surface area contributed by atoms with Crippen LogP contribution in [0.25, 0.3) is 11.4 Å². The van der Waals surface area contributed by atoms with E-state index in [4.69, 9.17) is 5.26 Å². The van der Waals surface area contributed by atoms with Crippen molar-refractivity contribution in [2.24, 2.45) is 0 Å². The fourth-order valence-electron chi connectivity index (χ4n) is 2.12. The first-order valence-corrected chi connectivity index (χ1v) is 8.61. The van der Waals surface area contributed by atoms with Crippen molar-refractivity contribution < 1.29 is 13.5 Å². The SMILES string of the molecule is N#Cc1cccc(S(=O)(=O)Nc2cnc(-c3cccc(O)c3)nc2)c1. The highest BCUT2D eigenvalue weighted by Crippen LogP contribution is 2.21. The molecule has 0 bridgehead atoms. The zero-order valence-electron chi connectivity index (χ0n) is 12.8. The Hall–Kier alpha value is -3.44. The van der Waals surface area contributed by atoms with Crippen molar-refractivity contribution in [3.05, 3.63) is 66.5 Å². The summed E-state index contributed by atoms with van der Waals surface area (Å²) in [5.74, 6) is 0.438. The average molecular weight is 352 g/mol. The van der Waals surface area contributed by atoms with Crippen LogP contribution in [0.15, 0.2) is 65.8 Å². The van der Waals surface area contributed by atoms with E-state index in [1.807, 2.05) is 6.07 Å². The standard InChI is InChI=1S/C17H12N4O3S/c18-9-12-3-1-6-16(7-12)25(23,24)21-14-10-19-17(20-11-14)13-4-2-5-15(22)8-13/h1-8,10-11,21-22H. The van der Waals surface area contributed by atoms with Gasteiger partial charge in [0.15, 0.2) is 5.82 Å². The quantitative estimate of drug-likeness (QED) is 0.745. The molecule has 3 rings (SSSR count). The Morgan fingerprint density at radius 1 is 1.04 bits per heavy atom. The number of anilines is 1. The summed E-state index contributed by atoms with van der Waals surface area (Å²) in [6.45, 7) is 0. The molecule has 0 saturated carbocycles. The molecule has 0 saturated heterocycles. The normalized spacial score (nSPS) is 10.8. The van der Waals surface area contributed by atoms with Crippen molar-refractivity contribution >= 4 is 15.7 Å². The first-order chi connectivity index (χ1) is 12.0. The van der Waals surface area contributed by atoms with Crippen LogP contribution in [-0.2, 0) is 10.0 Å². The summed E-state index contributed by atoms with van der Waals surface area (Å²) in [7, 11) is -3.85. The second-order valence-electron chi connectivity index (χ2n) is 5.09. The number of nitriles is 1. The minimum Gasteiger partial charge on any atom is -0.508 e. The molecule has 8 heteroatoms. The second-order valence-corrected chi connectivity index (χ2v) is 6.77. The van der Waals surface area contributed by atoms with Gasteiger partial charge in [0.2, 0.25) is 0 Å². The van der Waals surface area contributed by atoms with E-state index in [0.717, 1.165) is 0 Å². The number of aromatic nitrogens is 2. The van der Waals surface area contributed by atoms with Crippen LogP contribution in [0.4, 0.5) is 5.69 Å². The Morgan fingerprint density at radius 3 is 2.44 bits per heavy atom. The molecule has 0 aliphatic heterocycles. The Morgan fingerprint density at radius 2 is 1.76 bits per heavy atom. The Balaban J connectivity index is 1.84. The van der Waals surface area contributed by atoms with Gasteiger partial charge in [-0.25, -0.2) is 18.4 Å². The van der Waals surface area contributed by atoms with Gasteiger partial charge in [0.05, 0.1) is 34.6 Å². The number of hydrogen-bond acceptors (Lipinski definition) is 6. The van der Waals surface area contributed by atoms with Gasteiger partial charge in [0, 0.05) is 5.56 Å². The van der Waals surface area contributed by atoms with Gasteiger partial charge >= 0.3 is 0 Å². The van der Waals surface area contributed by atoms with Crippen LogP contribution in [0, 0.1) is 11.3 Å². The smallest absolute Gasteiger partial charge is 0.262 e. The summed E-state index contributed by atoms with van der Waals surface area (Å²) in [6.07, 6.45) is 2.66. The third-order valence-electron chi connectivity index (χ3n) is 3.28. The highest BCUT2D eigenvalue weighted by atomic mass is 32.2. The Bertz CT molecular complexity index is 1060. The van der Waals surface area contributed by atoms with E-state index in [1.54, 1.807) is 12.1 Å². The van der Waals surface area contributed by atoms with Gasteiger partial charge in [0.1, 0.15) is 5.75 Å². The van der Waals surface area contributed by atoms with Gasteiger partial charge in [-0.2, -0.15) is 5.26 Å². The predicted octanol–water partition coefficient (Wildman–Crippen LogP) is 2.52. The number of rotatable bonds is 4. The number of nitrogens with zero attached hydrogens (tertiary/aromatic N) is 3. The summed E-state index contributed by atoms with van der Waals surface area (Å²) in [5.41, 5.74) is 1.04. The van der Waals surface area contributed by atoms with Crippen LogP contribution < -0.4 is 4.72 Å². The van der Waals surface area contributed by atoms with Gasteiger partial charge < -0.3 is 5.11 Å². The molecule has 1 aromatic heterocycles. The molecule has 0 amide bonds. The largest absolute Gasteiger partial charge is 0.508 e. The van der Waals surface area contributed by atoms with Crippen LogP contribution in [-0.4, -0.2) is 23.5 Å². The molecule has 0 unspecified atom stereocenters. The zero-order valence-corrected chi connectivity index (χ0v) is 13.6. The highest BCUT2D eigenvalue weighted by Gasteiger charge is 2.15. The van der Waals surface area contributed by atoms with E-state index in [2.05, 4.69) is 14.7 Å². The van der Waals surface area contributed by atoms with Gasteiger partial charge in [0.25, 0.3) is 10.0 Å². The number of aromatic hydroxyl groups is 1. The maximum atomic E-state index is 12.4. The molecule has 0 aliphatic rings. The molecular formula is C17H12N4O3S. The summed E-state index contributed by atoms with van der Waals surface area (Å²) in [5, 5.41) is 18.4. The summed E-state index contributed by atoms with van der Waals surface area (Å²) < 4.78 is 27.1. The maximum absolute atomic E-state index is 12.4. The van der Waals surface area contributed by atoms with E-state index < -0.39 is 10.0 Å². The lowest BCUT2D eigenvalue weighted by Crippen LogP contribution is -2.13. The number of hydrogen-bond donors (Lipinski definition) is 2. The average Bonchev–Trinajstić information content (AvgIpc) is 2.62. The lowest BCUT2D eigenvalue weighted by molar-refractivity contribution is 0.475. The van der Waals surface area contributed by atoms with Crippen LogP contribution in [0.5, 0.6) is 5.75 Å². The van der Waals surface area contributed by atoms with Crippen molar-refractivity contribution in [2.75, 3.05) is 4.72 Å². The third-order valence-corrected chi connectivity index (χ3v) is 4.66. The van der Waals surface area contributed by atoms with Crippen LogP contribution >= 0.6 is 0 Å². The molecule has 0 atom stereocenters. The third kappa shape index (κ3) is 3.73. The molecule has 2 N–H and O–H groups in total. The van der Waals surface area contributed by atoms with E-state index in [1.165, 1.54) is 48.8 Å². The topological polar surface area (TPSA) is 116 Å². The number of phenols is 1. The Kier molecular flexibility index (Phi) is 4.33. The first-order valence-electron chi connectivity index (χ1n) is 7.12. The number of nitrogens with one attached hydrogen (secondary N) is 1. The van der Waals surface area contributed by atoms with E-state index >= 15 is 0 Å². The van der Waals surface area contributed by atoms with Gasteiger partial charge in [-0.1, -0.05) is 18.2 Å². The maximum Gasteiger partial charge on any atom is 0.262 e. The molecule has 0 radical (unpaired) electrons.